The molecule has 134 valence electrons. The highest BCUT2D eigenvalue weighted by Crippen LogP contribution is 2.44. The molecule has 2 aromatic carbocycles. The Morgan fingerprint density at radius 1 is 1.00 bits per heavy atom. The molecular formula is C23H19NO3. The van der Waals surface area contributed by atoms with Crippen molar-refractivity contribution in [1.29, 1.82) is 0 Å². The van der Waals surface area contributed by atoms with Crippen LogP contribution in [0.3, 0.4) is 0 Å². The number of nitrogens with zero attached hydrogens (tertiary/aromatic N) is 1. The smallest absolute Gasteiger partial charge is 0.186 e. The highest BCUT2D eigenvalue weighted by atomic mass is 16.5. The molecule has 0 radical (unpaired) electrons. The number of aldehydes is 1. The van der Waals surface area contributed by atoms with Crippen LogP contribution in [0.15, 0.2) is 78.5 Å². The number of para-hydroxylation sites is 1. The predicted molar refractivity (Wildman–Crippen MR) is 104 cm³/mol. The quantitative estimate of drug-likeness (QED) is 0.505. The third kappa shape index (κ3) is 2.89. The van der Waals surface area contributed by atoms with Crippen LogP contribution in [-0.4, -0.2) is 23.7 Å². The Balaban J connectivity index is 1.93. The largest absolute Gasteiger partial charge is 0.496 e. The molecule has 1 aliphatic heterocycles. The lowest BCUT2D eigenvalue weighted by atomic mass is 9.79. The lowest BCUT2D eigenvalue weighted by molar-refractivity contribution is -0.105. The van der Waals surface area contributed by atoms with Gasteiger partial charge in [0.2, 0.25) is 0 Å². The van der Waals surface area contributed by atoms with Crippen LogP contribution >= 0.6 is 0 Å². The topological polar surface area (TPSA) is 48.3 Å². The summed E-state index contributed by atoms with van der Waals surface area (Å²) in [5.41, 5.74) is 2.86. The fraction of sp³-hybridized carbons (Fsp3) is 0.130. The number of Topliss-reactive ketones (excluding diaryl/α,β-unsaturated/α-hetero) is 1. The summed E-state index contributed by atoms with van der Waals surface area (Å²) >= 11 is 0. The molecule has 0 N–H and O–H groups in total. The molecule has 3 aromatic rings. The maximum absolute atomic E-state index is 13.5. The molecule has 1 aliphatic rings. The van der Waals surface area contributed by atoms with Gasteiger partial charge in [-0.2, -0.15) is 0 Å². The van der Waals surface area contributed by atoms with E-state index >= 15 is 0 Å². The molecule has 0 saturated heterocycles. The van der Waals surface area contributed by atoms with Gasteiger partial charge in [0.1, 0.15) is 18.1 Å². The molecule has 4 nitrogen and oxygen atoms in total. The van der Waals surface area contributed by atoms with Crippen molar-refractivity contribution in [1.82, 2.24) is 4.57 Å². The summed E-state index contributed by atoms with van der Waals surface area (Å²) in [6, 6.07) is 20.0. The standard InChI is InChI=1S/C23H19NO3/c1-27-20-12-6-5-11-19(20)21-17(15-25)14-18-10-7-13-24(18)22(21)23(26)16-8-3-2-4-9-16/h2-15,21-22H,1H3. The Labute approximate surface area is 157 Å². The summed E-state index contributed by atoms with van der Waals surface area (Å²) in [7, 11) is 1.60. The number of allylic oxidation sites excluding steroid dienone is 1. The van der Waals surface area contributed by atoms with Gasteiger partial charge in [-0.15, -0.1) is 0 Å². The molecule has 0 amide bonds. The lowest BCUT2D eigenvalue weighted by Crippen LogP contribution is -2.31. The monoisotopic (exact) mass is 357 g/mol. The maximum atomic E-state index is 13.5. The van der Waals surface area contributed by atoms with Crippen LogP contribution in [0.1, 0.15) is 33.6 Å². The second kappa shape index (κ2) is 7.08. The van der Waals surface area contributed by atoms with Crippen molar-refractivity contribution in [3.05, 3.63) is 95.3 Å². The third-order valence-corrected chi connectivity index (χ3v) is 5.04. The van der Waals surface area contributed by atoms with E-state index in [1.54, 1.807) is 7.11 Å². The molecule has 0 bridgehead atoms. The number of carbonyl (C=O) groups excluding carboxylic acids is 2. The molecule has 1 aromatic heterocycles. The second-order valence-corrected chi connectivity index (χ2v) is 6.50. The van der Waals surface area contributed by atoms with Gasteiger partial charge in [0.15, 0.2) is 5.78 Å². The number of fused-ring (bicyclic) bond motifs is 1. The van der Waals surface area contributed by atoms with Gasteiger partial charge in [-0.05, 0) is 24.3 Å². The maximum Gasteiger partial charge on any atom is 0.186 e. The molecule has 0 aliphatic carbocycles. The highest BCUT2D eigenvalue weighted by molar-refractivity contribution is 6.02. The van der Waals surface area contributed by atoms with Gasteiger partial charge in [0, 0.05) is 34.5 Å². The zero-order valence-electron chi connectivity index (χ0n) is 14.9. The zero-order valence-corrected chi connectivity index (χ0v) is 14.9. The first kappa shape index (κ1) is 17.0. The number of aromatic nitrogens is 1. The fourth-order valence-corrected chi connectivity index (χ4v) is 3.82. The molecule has 4 heteroatoms. The average Bonchev–Trinajstić information content (AvgIpc) is 3.20. The van der Waals surface area contributed by atoms with E-state index in [1.165, 1.54) is 0 Å². The van der Waals surface area contributed by atoms with Gasteiger partial charge >= 0.3 is 0 Å². The van der Waals surface area contributed by atoms with Crippen molar-refractivity contribution < 1.29 is 14.3 Å². The number of methoxy groups -OCH3 is 1. The van der Waals surface area contributed by atoms with Crippen LogP contribution in [0.4, 0.5) is 0 Å². The van der Waals surface area contributed by atoms with Gasteiger partial charge in [-0.25, -0.2) is 0 Å². The molecule has 27 heavy (non-hydrogen) atoms. The van der Waals surface area contributed by atoms with Crippen LogP contribution < -0.4 is 4.74 Å². The minimum atomic E-state index is -0.557. The molecule has 0 saturated carbocycles. The van der Waals surface area contributed by atoms with E-state index in [2.05, 4.69) is 0 Å². The Hall–Kier alpha value is -3.40. The van der Waals surface area contributed by atoms with E-state index in [0.29, 0.717) is 16.9 Å². The lowest BCUT2D eigenvalue weighted by Gasteiger charge is -2.33. The molecule has 2 heterocycles. The second-order valence-electron chi connectivity index (χ2n) is 6.50. The first-order valence-electron chi connectivity index (χ1n) is 8.80. The van der Waals surface area contributed by atoms with E-state index in [-0.39, 0.29) is 5.78 Å². The summed E-state index contributed by atoms with van der Waals surface area (Å²) < 4.78 is 7.47. The molecular weight excluding hydrogens is 338 g/mol. The highest BCUT2D eigenvalue weighted by Gasteiger charge is 2.38. The van der Waals surface area contributed by atoms with Gasteiger partial charge in [-0.1, -0.05) is 48.5 Å². The van der Waals surface area contributed by atoms with E-state index in [0.717, 1.165) is 17.5 Å². The summed E-state index contributed by atoms with van der Waals surface area (Å²) in [6.45, 7) is 0. The number of rotatable bonds is 5. The first-order valence-corrected chi connectivity index (χ1v) is 8.80. The Kier molecular flexibility index (Phi) is 4.47. The summed E-state index contributed by atoms with van der Waals surface area (Å²) in [6.07, 6.45) is 4.58. The number of carbonyl (C=O) groups is 2. The summed E-state index contributed by atoms with van der Waals surface area (Å²) in [5, 5.41) is 0. The minimum absolute atomic E-state index is 0.0311. The van der Waals surface area contributed by atoms with Crippen molar-refractivity contribution in [3.8, 4) is 5.75 Å². The Morgan fingerprint density at radius 2 is 1.74 bits per heavy atom. The zero-order chi connectivity index (χ0) is 18.8. The predicted octanol–water partition coefficient (Wildman–Crippen LogP) is 4.30. The minimum Gasteiger partial charge on any atom is -0.496 e. The van der Waals surface area contributed by atoms with Crippen molar-refractivity contribution in [3.63, 3.8) is 0 Å². The van der Waals surface area contributed by atoms with Gasteiger partial charge in [-0.3, -0.25) is 9.59 Å². The number of benzene rings is 2. The van der Waals surface area contributed by atoms with Crippen molar-refractivity contribution in [2.24, 2.45) is 0 Å². The van der Waals surface area contributed by atoms with Gasteiger partial charge in [0.05, 0.1) is 7.11 Å². The average molecular weight is 357 g/mol. The van der Waals surface area contributed by atoms with Crippen molar-refractivity contribution >= 4 is 18.1 Å². The molecule has 2 unspecified atom stereocenters. The van der Waals surface area contributed by atoms with Crippen LogP contribution in [-0.2, 0) is 4.79 Å². The van der Waals surface area contributed by atoms with Crippen LogP contribution in [0.25, 0.3) is 6.08 Å². The number of hydrogen-bond acceptors (Lipinski definition) is 3. The summed E-state index contributed by atoms with van der Waals surface area (Å²) in [4.78, 5) is 25.5. The Bertz CT molecular complexity index is 1020. The van der Waals surface area contributed by atoms with Gasteiger partial charge in [0.25, 0.3) is 0 Å². The summed E-state index contributed by atoms with van der Waals surface area (Å²) in [5.74, 6) is 0.208. The first-order chi connectivity index (χ1) is 13.2. The van der Waals surface area contributed by atoms with Crippen LogP contribution in [0, 0.1) is 0 Å². The van der Waals surface area contributed by atoms with Crippen molar-refractivity contribution in [2.45, 2.75) is 12.0 Å². The molecule has 2 atom stereocenters. The van der Waals surface area contributed by atoms with Gasteiger partial charge < -0.3 is 9.30 Å². The molecule has 0 fully saturated rings. The van der Waals surface area contributed by atoms with Crippen LogP contribution in [0.5, 0.6) is 5.75 Å². The van der Waals surface area contributed by atoms with E-state index in [9.17, 15) is 9.59 Å². The molecule has 0 spiro atoms. The third-order valence-electron chi connectivity index (χ3n) is 5.04. The van der Waals surface area contributed by atoms with Crippen molar-refractivity contribution in [2.75, 3.05) is 7.11 Å². The SMILES string of the molecule is COc1ccccc1C1C(C=O)=Cc2cccn2C1C(=O)c1ccccc1. The number of ketones is 1. The Morgan fingerprint density at radius 3 is 2.48 bits per heavy atom. The fourth-order valence-electron chi connectivity index (χ4n) is 3.82. The number of ether oxygens (including phenoxy) is 1. The van der Waals surface area contributed by atoms with E-state index in [4.69, 9.17) is 4.74 Å². The van der Waals surface area contributed by atoms with E-state index < -0.39 is 12.0 Å². The number of hydrogen-bond donors (Lipinski definition) is 0. The van der Waals surface area contributed by atoms with E-state index in [1.807, 2.05) is 83.6 Å². The van der Waals surface area contributed by atoms with Crippen LogP contribution in [0.2, 0.25) is 0 Å². The normalized spacial score (nSPS) is 18.3. The molecule has 4 rings (SSSR count).